The number of carbonyl (C=O) groups is 1. The molecule has 0 radical (unpaired) electrons. The molecule has 0 saturated heterocycles. The zero-order valence-electron chi connectivity index (χ0n) is 14.3. The molecule has 4 nitrogen and oxygen atoms in total. The van der Waals surface area contributed by atoms with Gasteiger partial charge >= 0.3 is 0 Å². The van der Waals surface area contributed by atoms with Crippen LogP contribution in [-0.4, -0.2) is 10.9 Å². The highest BCUT2D eigenvalue weighted by Gasteiger charge is 2.04. The Kier molecular flexibility index (Phi) is 5.93. The summed E-state index contributed by atoms with van der Waals surface area (Å²) in [6.45, 7) is 1.12. The Labute approximate surface area is 152 Å². The Bertz CT molecular complexity index is 833. The lowest BCUT2D eigenvalue weighted by Gasteiger charge is -2.08. The summed E-state index contributed by atoms with van der Waals surface area (Å²) in [6.07, 6.45) is 3.85. The molecule has 5 heteroatoms. The van der Waals surface area contributed by atoms with Crippen LogP contribution in [0.5, 0.6) is 0 Å². The minimum atomic E-state index is -0.280. The van der Waals surface area contributed by atoms with Crippen molar-refractivity contribution in [2.45, 2.75) is 19.5 Å². The summed E-state index contributed by atoms with van der Waals surface area (Å²) in [4.78, 5) is 16.0. The molecule has 0 atom stereocenters. The Hall–Kier alpha value is -3.21. The summed E-state index contributed by atoms with van der Waals surface area (Å²) in [5, 5.41) is 6.18. The van der Waals surface area contributed by atoms with E-state index >= 15 is 0 Å². The molecule has 3 rings (SSSR count). The van der Waals surface area contributed by atoms with E-state index in [4.69, 9.17) is 0 Å². The van der Waals surface area contributed by atoms with Gasteiger partial charge in [-0.1, -0.05) is 24.3 Å². The van der Waals surface area contributed by atoms with Crippen molar-refractivity contribution in [1.82, 2.24) is 10.3 Å². The van der Waals surface area contributed by atoms with E-state index in [1.807, 2.05) is 36.4 Å². The first-order valence-electron chi connectivity index (χ1n) is 8.42. The molecule has 0 aliphatic rings. The molecule has 0 spiro atoms. The fourth-order valence-corrected chi connectivity index (χ4v) is 2.50. The van der Waals surface area contributed by atoms with Crippen LogP contribution in [0, 0.1) is 5.82 Å². The van der Waals surface area contributed by atoms with E-state index in [1.165, 1.54) is 12.1 Å². The van der Waals surface area contributed by atoms with Gasteiger partial charge in [0, 0.05) is 31.2 Å². The second-order valence-electron chi connectivity index (χ2n) is 5.99. The maximum Gasteiger partial charge on any atom is 0.224 e. The molecule has 0 aliphatic heterocycles. The smallest absolute Gasteiger partial charge is 0.224 e. The van der Waals surface area contributed by atoms with Crippen LogP contribution in [0.4, 0.5) is 10.1 Å². The zero-order chi connectivity index (χ0) is 18.2. The van der Waals surface area contributed by atoms with Crippen molar-refractivity contribution >= 4 is 11.6 Å². The van der Waals surface area contributed by atoms with Gasteiger partial charge in [0.25, 0.3) is 0 Å². The molecule has 2 aromatic carbocycles. The number of hydrogen-bond donors (Lipinski definition) is 2. The molecule has 0 unspecified atom stereocenters. The van der Waals surface area contributed by atoms with Crippen LogP contribution < -0.4 is 10.6 Å². The fourth-order valence-electron chi connectivity index (χ4n) is 2.50. The summed E-state index contributed by atoms with van der Waals surface area (Å²) in [6, 6.07) is 17.8. The van der Waals surface area contributed by atoms with Gasteiger partial charge in [-0.15, -0.1) is 0 Å². The van der Waals surface area contributed by atoms with Gasteiger partial charge in [0.1, 0.15) is 5.82 Å². The van der Waals surface area contributed by atoms with Crippen molar-refractivity contribution in [3.63, 3.8) is 0 Å². The minimum absolute atomic E-state index is 0.0631. The fraction of sp³-hybridized carbons (Fsp3) is 0.143. The standard InChI is InChI=1S/C21H20FN3O/c22-19-5-1-17(2-6-19)15-25-21(26)13-16-3-7-20(8-4-16)24-14-18-9-11-23-12-10-18/h1-12,24H,13-15H2,(H,25,26). The van der Waals surface area contributed by atoms with Crippen molar-refractivity contribution in [2.75, 3.05) is 5.32 Å². The second kappa shape index (κ2) is 8.76. The molecule has 0 aliphatic carbocycles. The number of pyridine rings is 1. The summed E-state index contributed by atoms with van der Waals surface area (Å²) in [5.74, 6) is -0.343. The third kappa shape index (κ3) is 5.41. The molecule has 0 saturated carbocycles. The normalized spacial score (nSPS) is 10.3. The van der Waals surface area contributed by atoms with Gasteiger partial charge < -0.3 is 10.6 Å². The van der Waals surface area contributed by atoms with Crippen LogP contribution in [0.2, 0.25) is 0 Å². The van der Waals surface area contributed by atoms with Gasteiger partial charge in [0.2, 0.25) is 5.91 Å². The Morgan fingerprint density at radius 3 is 2.12 bits per heavy atom. The monoisotopic (exact) mass is 349 g/mol. The molecule has 1 amide bonds. The summed E-state index contributed by atoms with van der Waals surface area (Å²) in [5.41, 5.74) is 3.97. The van der Waals surface area contributed by atoms with Crippen molar-refractivity contribution in [3.8, 4) is 0 Å². The molecule has 0 fully saturated rings. The van der Waals surface area contributed by atoms with Crippen molar-refractivity contribution in [2.24, 2.45) is 0 Å². The van der Waals surface area contributed by atoms with Crippen LogP contribution >= 0.6 is 0 Å². The topological polar surface area (TPSA) is 54.0 Å². The van der Waals surface area contributed by atoms with Gasteiger partial charge in [0.05, 0.1) is 6.42 Å². The SMILES string of the molecule is O=C(Cc1ccc(NCc2ccncc2)cc1)NCc1ccc(F)cc1. The third-order valence-corrected chi connectivity index (χ3v) is 3.97. The van der Waals surface area contributed by atoms with E-state index in [0.717, 1.165) is 28.9 Å². The average Bonchev–Trinajstić information content (AvgIpc) is 2.68. The zero-order valence-corrected chi connectivity index (χ0v) is 14.3. The Morgan fingerprint density at radius 2 is 1.42 bits per heavy atom. The maximum absolute atomic E-state index is 12.9. The first kappa shape index (κ1) is 17.6. The Balaban J connectivity index is 1.45. The molecule has 26 heavy (non-hydrogen) atoms. The van der Waals surface area contributed by atoms with Gasteiger partial charge in [-0.25, -0.2) is 4.39 Å². The highest BCUT2D eigenvalue weighted by atomic mass is 19.1. The number of carbonyl (C=O) groups excluding carboxylic acids is 1. The molecule has 1 aromatic heterocycles. The molecule has 3 aromatic rings. The van der Waals surface area contributed by atoms with E-state index in [0.29, 0.717) is 13.0 Å². The average molecular weight is 349 g/mol. The number of aromatic nitrogens is 1. The largest absolute Gasteiger partial charge is 0.381 e. The second-order valence-corrected chi connectivity index (χ2v) is 5.99. The van der Waals surface area contributed by atoms with E-state index < -0.39 is 0 Å². The number of halogens is 1. The van der Waals surface area contributed by atoms with Gasteiger partial charge in [0.15, 0.2) is 0 Å². The van der Waals surface area contributed by atoms with Gasteiger partial charge in [-0.2, -0.15) is 0 Å². The van der Waals surface area contributed by atoms with Crippen LogP contribution in [0.25, 0.3) is 0 Å². The lowest BCUT2D eigenvalue weighted by Crippen LogP contribution is -2.24. The lowest BCUT2D eigenvalue weighted by atomic mass is 10.1. The number of rotatable bonds is 7. The first-order chi connectivity index (χ1) is 12.7. The molecule has 132 valence electrons. The number of benzene rings is 2. The highest BCUT2D eigenvalue weighted by molar-refractivity contribution is 5.78. The third-order valence-electron chi connectivity index (χ3n) is 3.97. The van der Waals surface area contributed by atoms with Crippen molar-refractivity contribution in [1.29, 1.82) is 0 Å². The number of hydrogen-bond acceptors (Lipinski definition) is 3. The number of nitrogens with one attached hydrogen (secondary N) is 2. The quantitative estimate of drug-likeness (QED) is 0.684. The number of amides is 1. The summed E-state index contributed by atoms with van der Waals surface area (Å²) >= 11 is 0. The summed E-state index contributed by atoms with van der Waals surface area (Å²) in [7, 11) is 0. The van der Waals surface area contributed by atoms with Gasteiger partial charge in [-0.05, 0) is 53.1 Å². The van der Waals surface area contributed by atoms with Crippen molar-refractivity contribution in [3.05, 3.63) is 95.6 Å². The predicted octanol–water partition coefficient (Wildman–Crippen LogP) is 3.69. The van der Waals surface area contributed by atoms with Crippen LogP contribution in [0.1, 0.15) is 16.7 Å². The molecule has 0 bridgehead atoms. The predicted molar refractivity (Wildman–Crippen MR) is 100.0 cm³/mol. The number of nitrogens with zero attached hydrogens (tertiary/aromatic N) is 1. The molecule has 1 heterocycles. The number of anilines is 1. The highest BCUT2D eigenvalue weighted by Crippen LogP contribution is 2.12. The van der Waals surface area contributed by atoms with Gasteiger partial charge in [-0.3, -0.25) is 9.78 Å². The van der Waals surface area contributed by atoms with E-state index in [1.54, 1.807) is 24.5 Å². The van der Waals surface area contributed by atoms with Crippen molar-refractivity contribution < 1.29 is 9.18 Å². The molecular weight excluding hydrogens is 329 g/mol. The first-order valence-corrected chi connectivity index (χ1v) is 8.42. The van der Waals surface area contributed by atoms with Crippen LogP contribution in [0.15, 0.2) is 73.1 Å². The maximum atomic E-state index is 12.9. The van der Waals surface area contributed by atoms with E-state index in [-0.39, 0.29) is 11.7 Å². The summed E-state index contributed by atoms with van der Waals surface area (Å²) < 4.78 is 12.9. The lowest BCUT2D eigenvalue weighted by molar-refractivity contribution is -0.120. The molecular formula is C21H20FN3O. The minimum Gasteiger partial charge on any atom is -0.381 e. The molecule has 2 N–H and O–H groups in total. The van der Waals surface area contributed by atoms with Crippen LogP contribution in [0.3, 0.4) is 0 Å². The Morgan fingerprint density at radius 1 is 0.808 bits per heavy atom. The van der Waals surface area contributed by atoms with Crippen LogP contribution in [-0.2, 0) is 24.3 Å². The van der Waals surface area contributed by atoms with E-state index in [9.17, 15) is 9.18 Å². The van der Waals surface area contributed by atoms with E-state index in [2.05, 4.69) is 15.6 Å².